The van der Waals surface area contributed by atoms with Gasteiger partial charge in [-0.3, -0.25) is 4.79 Å². The Hall–Kier alpha value is -2.43. The minimum Gasteiger partial charge on any atom is -0.398 e. The minimum absolute atomic E-state index is 0.419. The van der Waals surface area contributed by atoms with Crippen LogP contribution in [0.25, 0.3) is 11.4 Å². The number of nitrogens with two attached hydrogens (primary N) is 2. The smallest absolute Gasteiger partial charge is 0.249 e. The van der Waals surface area contributed by atoms with Crippen LogP contribution < -0.4 is 11.5 Å². The molecule has 86 valence electrons. The highest BCUT2D eigenvalue weighted by Gasteiger charge is 2.13. The molecule has 1 aromatic heterocycles. The fraction of sp³-hybridized carbons (Fsp3) is 0.0833. The number of hydrogen-bond acceptors (Lipinski definition) is 4. The predicted octanol–water partition coefficient (Wildman–Crippen LogP) is 1.13. The first-order valence-corrected chi connectivity index (χ1v) is 5.07. The lowest BCUT2D eigenvalue weighted by atomic mass is 10.0. The van der Waals surface area contributed by atoms with Crippen molar-refractivity contribution in [3.05, 3.63) is 41.7 Å². The number of hydrogen-bond donors (Lipinski definition) is 2. The van der Waals surface area contributed by atoms with Crippen LogP contribution in [0, 0.1) is 6.92 Å². The molecular weight excluding hydrogens is 216 g/mol. The average molecular weight is 228 g/mol. The van der Waals surface area contributed by atoms with Gasteiger partial charge in [0.25, 0.3) is 0 Å². The van der Waals surface area contributed by atoms with E-state index < -0.39 is 5.91 Å². The van der Waals surface area contributed by atoms with Crippen LogP contribution in [-0.4, -0.2) is 15.9 Å². The summed E-state index contributed by atoms with van der Waals surface area (Å²) in [6, 6.07) is 5.07. The van der Waals surface area contributed by atoms with Crippen molar-refractivity contribution >= 4 is 11.6 Å². The monoisotopic (exact) mass is 228 g/mol. The Bertz CT molecular complexity index is 566. The first-order chi connectivity index (χ1) is 8.11. The summed E-state index contributed by atoms with van der Waals surface area (Å²) >= 11 is 0. The first kappa shape index (κ1) is 11.1. The largest absolute Gasteiger partial charge is 0.398 e. The third-order valence-corrected chi connectivity index (χ3v) is 2.59. The van der Waals surface area contributed by atoms with Crippen LogP contribution in [0.5, 0.6) is 0 Å². The zero-order valence-electron chi connectivity index (χ0n) is 9.34. The van der Waals surface area contributed by atoms with Crippen LogP contribution in [0.4, 0.5) is 5.69 Å². The van der Waals surface area contributed by atoms with E-state index in [1.807, 2.05) is 0 Å². The first-order valence-electron chi connectivity index (χ1n) is 5.07. The van der Waals surface area contributed by atoms with Gasteiger partial charge in [0.2, 0.25) is 5.91 Å². The fourth-order valence-corrected chi connectivity index (χ4v) is 1.63. The van der Waals surface area contributed by atoms with E-state index in [4.69, 9.17) is 11.5 Å². The van der Waals surface area contributed by atoms with E-state index in [0.717, 1.165) is 0 Å². The molecule has 0 saturated heterocycles. The lowest BCUT2D eigenvalue weighted by Crippen LogP contribution is -2.14. The molecule has 0 spiro atoms. The van der Waals surface area contributed by atoms with Gasteiger partial charge in [-0.25, -0.2) is 9.97 Å². The number of anilines is 1. The number of nitrogens with zero attached hydrogens (tertiary/aromatic N) is 2. The second-order valence-corrected chi connectivity index (χ2v) is 3.64. The molecule has 4 N–H and O–H groups in total. The van der Waals surface area contributed by atoms with Gasteiger partial charge < -0.3 is 11.5 Å². The van der Waals surface area contributed by atoms with Crippen molar-refractivity contribution in [3.63, 3.8) is 0 Å². The predicted molar refractivity (Wildman–Crippen MR) is 65.1 cm³/mol. The van der Waals surface area contributed by atoms with Crippen LogP contribution in [0.15, 0.2) is 30.6 Å². The van der Waals surface area contributed by atoms with Crippen molar-refractivity contribution in [2.24, 2.45) is 5.73 Å². The van der Waals surface area contributed by atoms with Gasteiger partial charge in [-0.05, 0) is 30.7 Å². The summed E-state index contributed by atoms with van der Waals surface area (Å²) in [5.41, 5.74) is 13.5. The van der Waals surface area contributed by atoms with E-state index in [2.05, 4.69) is 9.97 Å². The molecule has 0 bridgehead atoms. The molecule has 0 radical (unpaired) electrons. The van der Waals surface area contributed by atoms with Gasteiger partial charge in [0.15, 0.2) is 5.82 Å². The molecule has 0 aliphatic heterocycles. The second kappa shape index (κ2) is 4.21. The molecule has 1 amide bonds. The maximum atomic E-state index is 11.2. The van der Waals surface area contributed by atoms with Gasteiger partial charge in [0, 0.05) is 29.2 Å². The summed E-state index contributed by atoms with van der Waals surface area (Å²) in [7, 11) is 0. The Morgan fingerprint density at radius 3 is 2.47 bits per heavy atom. The molecule has 17 heavy (non-hydrogen) atoms. The van der Waals surface area contributed by atoms with Crippen LogP contribution in [-0.2, 0) is 0 Å². The van der Waals surface area contributed by atoms with E-state index in [9.17, 15) is 4.79 Å². The van der Waals surface area contributed by atoms with E-state index in [-0.39, 0.29) is 0 Å². The van der Waals surface area contributed by atoms with Gasteiger partial charge >= 0.3 is 0 Å². The van der Waals surface area contributed by atoms with Crippen LogP contribution in [0.2, 0.25) is 0 Å². The molecule has 0 atom stereocenters. The lowest BCUT2D eigenvalue weighted by molar-refractivity contribution is 0.1000. The standard InChI is InChI=1S/C12H12N4O/c1-7-8(11(14)17)3-4-9(10(7)13)12-15-5-2-6-16-12/h2-6H,13H2,1H3,(H2,14,17). The lowest BCUT2D eigenvalue weighted by Gasteiger charge is -2.09. The molecule has 2 aromatic rings. The molecule has 1 heterocycles. The molecule has 0 saturated carbocycles. The quantitative estimate of drug-likeness (QED) is 0.753. The molecular formula is C12H12N4O. The molecule has 0 aliphatic rings. The minimum atomic E-state index is -0.491. The average Bonchev–Trinajstić information content (AvgIpc) is 2.33. The second-order valence-electron chi connectivity index (χ2n) is 3.64. The maximum absolute atomic E-state index is 11.2. The molecule has 0 fully saturated rings. The van der Waals surface area contributed by atoms with Crippen molar-refractivity contribution in [1.82, 2.24) is 9.97 Å². The Morgan fingerprint density at radius 2 is 1.88 bits per heavy atom. The summed E-state index contributed by atoms with van der Waals surface area (Å²) in [5, 5.41) is 0. The van der Waals surface area contributed by atoms with Crippen molar-refractivity contribution in [3.8, 4) is 11.4 Å². The highest BCUT2D eigenvalue weighted by atomic mass is 16.1. The normalized spacial score (nSPS) is 10.2. The molecule has 5 heteroatoms. The van der Waals surface area contributed by atoms with E-state index >= 15 is 0 Å². The third kappa shape index (κ3) is 1.94. The van der Waals surface area contributed by atoms with E-state index in [1.165, 1.54) is 0 Å². The molecule has 1 aromatic carbocycles. The summed E-state index contributed by atoms with van der Waals surface area (Å²) in [5.74, 6) is 0.0406. The van der Waals surface area contributed by atoms with Crippen molar-refractivity contribution < 1.29 is 4.79 Å². The Kier molecular flexibility index (Phi) is 2.74. The Morgan fingerprint density at radius 1 is 1.24 bits per heavy atom. The SMILES string of the molecule is Cc1c(C(N)=O)ccc(-c2ncccn2)c1N. The zero-order chi connectivity index (χ0) is 12.4. The Balaban J connectivity index is 2.60. The summed E-state index contributed by atoms with van der Waals surface area (Å²) in [6.45, 7) is 1.75. The highest BCUT2D eigenvalue weighted by molar-refractivity contribution is 5.97. The van der Waals surface area contributed by atoms with Gasteiger partial charge in [0.05, 0.1) is 0 Å². The fourth-order valence-electron chi connectivity index (χ4n) is 1.63. The van der Waals surface area contributed by atoms with Gasteiger partial charge in [-0.15, -0.1) is 0 Å². The summed E-state index contributed by atoms with van der Waals surface area (Å²) < 4.78 is 0. The van der Waals surface area contributed by atoms with E-state index in [0.29, 0.717) is 28.2 Å². The zero-order valence-corrected chi connectivity index (χ0v) is 9.34. The van der Waals surface area contributed by atoms with Gasteiger partial charge in [-0.1, -0.05) is 0 Å². The summed E-state index contributed by atoms with van der Waals surface area (Å²) in [6.07, 6.45) is 3.28. The van der Waals surface area contributed by atoms with Crippen molar-refractivity contribution in [2.45, 2.75) is 6.92 Å². The maximum Gasteiger partial charge on any atom is 0.249 e. The number of carbonyl (C=O) groups excluding carboxylic acids is 1. The number of rotatable bonds is 2. The number of amides is 1. The number of carbonyl (C=O) groups is 1. The highest BCUT2D eigenvalue weighted by Crippen LogP contribution is 2.27. The molecule has 2 rings (SSSR count). The number of aromatic nitrogens is 2. The van der Waals surface area contributed by atoms with Crippen LogP contribution >= 0.6 is 0 Å². The third-order valence-electron chi connectivity index (χ3n) is 2.59. The number of primary amides is 1. The van der Waals surface area contributed by atoms with Crippen LogP contribution in [0.3, 0.4) is 0 Å². The van der Waals surface area contributed by atoms with Gasteiger partial charge in [-0.2, -0.15) is 0 Å². The summed E-state index contributed by atoms with van der Waals surface area (Å²) in [4.78, 5) is 19.4. The van der Waals surface area contributed by atoms with Crippen molar-refractivity contribution in [2.75, 3.05) is 5.73 Å². The van der Waals surface area contributed by atoms with Gasteiger partial charge in [0.1, 0.15) is 0 Å². The molecule has 5 nitrogen and oxygen atoms in total. The topological polar surface area (TPSA) is 94.9 Å². The molecule has 0 aliphatic carbocycles. The van der Waals surface area contributed by atoms with Crippen LogP contribution in [0.1, 0.15) is 15.9 Å². The number of nitrogen functional groups attached to an aromatic ring is 1. The molecule has 0 unspecified atom stereocenters. The van der Waals surface area contributed by atoms with E-state index in [1.54, 1.807) is 37.5 Å². The Labute approximate surface area is 98.5 Å². The van der Waals surface area contributed by atoms with Crippen molar-refractivity contribution in [1.29, 1.82) is 0 Å². The number of benzene rings is 1.